The maximum absolute atomic E-state index is 6.65. The van der Waals surface area contributed by atoms with Crippen LogP contribution in [0.5, 0.6) is 5.75 Å². The van der Waals surface area contributed by atoms with Crippen LogP contribution in [0.3, 0.4) is 0 Å². The molecule has 0 bridgehead atoms. The molecule has 0 saturated carbocycles. The third kappa shape index (κ3) is 8.83. The second-order valence-electron chi connectivity index (χ2n) is 17.7. The summed E-state index contributed by atoms with van der Waals surface area (Å²) < 4.78 is 6.65. The Kier molecular flexibility index (Phi) is 14.3. The van der Waals surface area contributed by atoms with Gasteiger partial charge in [-0.05, 0) is 41.0 Å². The van der Waals surface area contributed by atoms with Crippen molar-refractivity contribution in [1.29, 1.82) is 0 Å². The smallest absolute Gasteiger partial charge is 0.164 e. The van der Waals surface area contributed by atoms with Crippen LogP contribution in [-0.2, 0) is 6.42 Å². The van der Waals surface area contributed by atoms with Gasteiger partial charge in [-0.15, -0.1) is 21.9 Å². The molecule has 0 radical (unpaired) electrons. The Bertz CT molecular complexity index is 2640. The van der Waals surface area contributed by atoms with E-state index in [1.54, 1.807) is 0 Å². The number of nitrogens with zero attached hydrogens (tertiary/aromatic N) is 3. The Morgan fingerprint density at radius 1 is 0.721 bits per heavy atom. The van der Waals surface area contributed by atoms with Gasteiger partial charge in [0.2, 0.25) is 0 Å². The largest absolute Gasteiger partial charge is 0.459 e. The third-order valence-corrected chi connectivity index (χ3v) is 14.3. The van der Waals surface area contributed by atoms with Gasteiger partial charge in [0.1, 0.15) is 129 Å². The topological polar surface area (TPSA) is 47.9 Å². The number of aromatic nitrogens is 3. The minimum atomic E-state index is 0.0731. The minimum absolute atomic E-state index is 0.0731. The second kappa shape index (κ2) is 18.9. The predicted octanol–water partition coefficient (Wildman–Crippen LogP) is -10.0. The maximum Gasteiger partial charge on any atom is 0.164 e. The highest BCUT2D eigenvalue weighted by atomic mass is 16.5. The van der Waals surface area contributed by atoms with E-state index in [9.17, 15) is 0 Å². The molecule has 1 aromatic heterocycles. The highest BCUT2D eigenvalue weighted by molar-refractivity contribution is 6.68. The fourth-order valence-corrected chi connectivity index (χ4v) is 9.80. The highest BCUT2D eigenvalue weighted by Gasteiger charge is 2.33. The van der Waals surface area contributed by atoms with E-state index >= 15 is 0 Å². The summed E-state index contributed by atoms with van der Waals surface area (Å²) in [6.45, 7) is 6.53. The SMILES string of the molecule is BC\C(B)=C(B)/C(CB)=C(CB)/C(B)=C(\C)c1nc(C2=C3C=CC=CC3C(c3c(B)cc(B)c4c3C/C=C(B)\C=C(\B)C(=C)O4)C=C2)nc(-c2c(B)c(B)c(B)c(B)c2B)n1. The Morgan fingerprint density at radius 3 is 1.98 bits per heavy atom. The van der Waals surface area contributed by atoms with Crippen LogP contribution in [0.1, 0.15) is 35.6 Å². The fraction of sp³-hybridized carbons (Fsp3) is 0.167. The lowest BCUT2D eigenvalue weighted by Crippen LogP contribution is -2.55. The van der Waals surface area contributed by atoms with Crippen molar-refractivity contribution in [3.05, 3.63) is 134 Å². The van der Waals surface area contributed by atoms with Crippen molar-refractivity contribution >= 4 is 167 Å². The van der Waals surface area contributed by atoms with Crippen LogP contribution in [0.15, 0.2) is 111 Å². The molecule has 0 spiro atoms. The van der Waals surface area contributed by atoms with Gasteiger partial charge >= 0.3 is 0 Å². The van der Waals surface area contributed by atoms with Gasteiger partial charge in [-0.25, -0.2) is 15.0 Å². The van der Waals surface area contributed by atoms with Gasteiger partial charge in [-0.2, -0.15) is 0 Å². The van der Waals surface area contributed by atoms with Crippen LogP contribution < -0.4 is 43.0 Å². The lowest BCUT2D eigenvalue weighted by molar-refractivity contribution is 0.442. The molecule has 288 valence electrons. The number of ether oxygens (including phenoxy) is 1. The molecular formula is C42H54B15N3O. The van der Waals surface area contributed by atoms with Gasteiger partial charge < -0.3 is 4.74 Å². The van der Waals surface area contributed by atoms with Gasteiger partial charge in [0.15, 0.2) is 17.5 Å². The molecule has 0 fully saturated rings. The van der Waals surface area contributed by atoms with Crippen molar-refractivity contribution in [2.45, 2.75) is 38.2 Å². The molecule has 1 aliphatic heterocycles. The summed E-state index contributed by atoms with van der Waals surface area (Å²) in [6.07, 6.45) is 21.9. The van der Waals surface area contributed by atoms with Crippen LogP contribution in [0.4, 0.5) is 0 Å². The summed E-state index contributed by atoms with van der Waals surface area (Å²) in [6, 6.07) is 2.28. The molecule has 19 heteroatoms. The van der Waals surface area contributed by atoms with Crippen LogP contribution in [0.2, 0.25) is 19.0 Å². The zero-order valence-electron chi connectivity index (χ0n) is 40.1. The van der Waals surface area contributed by atoms with Crippen molar-refractivity contribution in [3.63, 3.8) is 0 Å². The van der Waals surface area contributed by atoms with Crippen LogP contribution in [-0.4, -0.2) is 133 Å². The minimum Gasteiger partial charge on any atom is -0.459 e. The van der Waals surface area contributed by atoms with Crippen LogP contribution in [0, 0.1) is 5.92 Å². The number of hydrogen-bond acceptors (Lipinski definition) is 4. The van der Waals surface area contributed by atoms with Gasteiger partial charge in [0, 0.05) is 28.5 Å². The van der Waals surface area contributed by atoms with Crippen molar-refractivity contribution in [2.24, 2.45) is 5.92 Å². The van der Waals surface area contributed by atoms with E-state index in [0.29, 0.717) is 11.6 Å². The number of hydrogen-bond donors (Lipinski definition) is 0. The van der Waals surface area contributed by atoms with E-state index in [-0.39, 0.29) is 11.8 Å². The summed E-state index contributed by atoms with van der Waals surface area (Å²) >= 11 is 0. The van der Waals surface area contributed by atoms with Crippen molar-refractivity contribution in [1.82, 2.24) is 15.0 Å². The zero-order chi connectivity index (χ0) is 44.6. The van der Waals surface area contributed by atoms with Crippen LogP contribution >= 0.6 is 0 Å². The molecule has 0 saturated heterocycles. The van der Waals surface area contributed by atoms with E-state index < -0.39 is 0 Å². The molecular weight excluding hydrogens is 725 g/mol. The lowest BCUT2D eigenvalue weighted by Gasteiger charge is -2.34. The summed E-state index contributed by atoms with van der Waals surface area (Å²) in [5, 5.41) is 0. The summed E-state index contributed by atoms with van der Waals surface area (Å²) in [5.41, 5.74) is 24.9. The summed E-state index contributed by atoms with van der Waals surface area (Å²) in [4.78, 5) is 16.3. The van der Waals surface area contributed by atoms with Gasteiger partial charge in [0.05, 0.1) is 0 Å². The van der Waals surface area contributed by atoms with E-state index in [1.807, 2.05) is 0 Å². The standard InChI is InChI=1S/C42H54B15N3O/c1-16(32(51)24(13-43)25(14-44)33(52)29(50)15-45)40-58-41(60-42(59-40)31-34(53)36(55)38(57)37(56)35(31)54)22-10-9-21(19-5-3-4-6-20(19)22)30-23-8-7-18(46)11-26(47)17(2)61-39(23)28(49)12-27(30)48/h3-7,9-12,19,21H,2,8,13-15,43-57H2,1H3/b18-7+,25-24+,26-11+,32-16-,33-29-. The molecule has 0 N–H and O–H groups in total. The van der Waals surface area contributed by atoms with Crippen molar-refractivity contribution < 1.29 is 4.74 Å². The van der Waals surface area contributed by atoms with E-state index in [1.165, 1.54) is 82.5 Å². The van der Waals surface area contributed by atoms with E-state index in [4.69, 9.17) is 19.7 Å². The van der Waals surface area contributed by atoms with Gasteiger partial charge in [-0.3, -0.25) is 0 Å². The second-order valence-corrected chi connectivity index (χ2v) is 17.7. The highest BCUT2D eigenvalue weighted by Crippen LogP contribution is 2.44. The van der Waals surface area contributed by atoms with Crippen molar-refractivity contribution in [3.8, 4) is 17.1 Å². The Balaban J connectivity index is 1.61. The number of allylic oxidation sites excluding steroid dienone is 18. The fourth-order valence-electron chi connectivity index (χ4n) is 9.80. The first kappa shape index (κ1) is 46.1. The monoisotopic (exact) mass is 782 g/mol. The quantitative estimate of drug-likeness (QED) is 0.160. The first-order chi connectivity index (χ1) is 28.9. The number of rotatable bonds is 9. The number of benzene rings is 2. The summed E-state index contributed by atoms with van der Waals surface area (Å²) in [7, 11) is 33.4. The normalized spacial score (nSPS) is 20.3. The first-order valence-electron chi connectivity index (χ1n) is 22.5. The molecule has 0 amide bonds. The molecule has 3 aliphatic rings. The molecule has 4 nitrogen and oxygen atoms in total. The van der Waals surface area contributed by atoms with Gasteiger partial charge in [0.25, 0.3) is 0 Å². The predicted molar refractivity (Wildman–Crippen MR) is 309 cm³/mol. The molecule has 2 unspecified atom stereocenters. The Labute approximate surface area is 380 Å². The molecule has 61 heavy (non-hydrogen) atoms. The summed E-state index contributed by atoms with van der Waals surface area (Å²) in [5.74, 6) is 3.94. The van der Waals surface area contributed by atoms with E-state index in [2.05, 4.69) is 186 Å². The average molecular weight is 779 g/mol. The average Bonchev–Trinajstić information content (AvgIpc) is 3.30. The lowest BCUT2D eigenvalue weighted by atomic mass is 9.60. The maximum atomic E-state index is 6.65. The molecule has 2 heterocycles. The molecule has 2 aromatic carbocycles. The first-order valence-corrected chi connectivity index (χ1v) is 22.5. The Morgan fingerprint density at radius 2 is 1.34 bits per heavy atom. The van der Waals surface area contributed by atoms with Gasteiger partial charge in [-0.1, -0.05) is 124 Å². The van der Waals surface area contributed by atoms with Crippen LogP contribution in [0.25, 0.3) is 22.5 Å². The molecule has 2 aliphatic carbocycles. The number of fused-ring (bicyclic) bond motifs is 2. The molecule has 6 rings (SSSR count). The van der Waals surface area contributed by atoms with E-state index in [0.717, 1.165) is 70.4 Å². The zero-order valence-corrected chi connectivity index (χ0v) is 40.1. The Hall–Kier alpha value is -4.38. The van der Waals surface area contributed by atoms with Crippen molar-refractivity contribution in [2.75, 3.05) is 0 Å². The molecule has 3 aromatic rings. The molecule has 2 atom stereocenters. The third-order valence-electron chi connectivity index (χ3n) is 14.3.